The van der Waals surface area contributed by atoms with Crippen molar-refractivity contribution in [3.63, 3.8) is 0 Å². The largest absolute Gasteiger partial charge is 0.486 e. The number of amides is 1. The number of para-hydroxylation sites is 2. The van der Waals surface area contributed by atoms with Gasteiger partial charge in [-0.2, -0.15) is 0 Å². The van der Waals surface area contributed by atoms with E-state index in [4.69, 9.17) is 9.47 Å². The van der Waals surface area contributed by atoms with Crippen molar-refractivity contribution in [2.24, 2.45) is 0 Å². The summed E-state index contributed by atoms with van der Waals surface area (Å²) in [5.74, 6) is 1.85. The van der Waals surface area contributed by atoms with Crippen LogP contribution in [-0.2, 0) is 4.79 Å². The first-order valence-electron chi connectivity index (χ1n) is 8.55. The van der Waals surface area contributed by atoms with E-state index in [0.29, 0.717) is 18.9 Å². The summed E-state index contributed by atoms with van der Waals surface area (Å²) in [5, 5.41) is 5.32. The van der Waals surface area contributed by atoms with E-state index in [2.05, 4.69) is 35.6 Å². The molecule has 0 saturated heterocycles. The van der Waals surface area contributed by atoms with Crippen molar-refractivity contribution in [1.82, 2.24) is 5.32 Å². The second-order valence-corrected chi connectivity index (χ2v) is 7.15. The van der Waals surface area contributed by atoms with Gasteiger partial charge in [-0.1, -0.05) is 42.5 Å². The Morgan fingerprint density at radius 2 is 1.77 bits per heavy atom. The highest BCUT2D eigenvalue weighted by molar-refractivity contribution is 8.00. The van der Waals surface area contributed by atoms with Gasteiger partial charge in [0.15, 0.2) is 11.5 Å². The van der Waals surface area contributed by atoms with E-state index in [1.54, 1.807) is 0 Å². The Hall–Kier alpha value is -2.66. The molecule has 1 amide bonds. The summed E-state index contributed by atoms with van der Waals surface area (Å²) in [5.41, 5.74) is 0. The molecule has 0 bridgehead atoms. The van der Waals surface area contributed by atoms with Crippen LogP contribution in [0.15, 0.2) is 71.6 Å². The molecule has 0 radical (unpaired) electrons. The van der Waals surface area contributed by atoms with Crippen molar-refractivity contribution >= 4 is 28.4 Å². The first-order valence-corrected chi connectivity index (χ1v) is 9.53. The summed E-state index contributed by atoms with van der Waals surface area (Å²) in [7, 11) is 0. The van der Waals surface area contributed by atoms with Crippen LogP contribution >= 0.6 is 11.8 Å². The van der Waals surface area contributed by atoms with Crippen LogP contribution in [0.2, 0.25) is 0 Å². The first-order chi connectivity index (χ1) is 12.8. The normalized spacial score (nSPS) is 15.6. The summed E-state index contributed by atoms with van der Waals surface area (Å²) >= 11 is 1.53. The number of nitrogens with one attached hydrogen (secondary N) is 1. The highest BCUT2D eigenvalue weighted by Crippen LogP contribution is 2.30. The molecule has 4 nitrogen and oxygen atoms in total. The predicted octanol–water partition coefficient (Wildman–Crippen LogP) is 3.89. The maximum atomic E-state index is 12.1. The van der Waals surface area contributed by atoms with Crippen LogP contribution in [0.1, 0.15) is 0 Å². The molecule has 5 heteroatoms. The Balaban J connectivity index is 1.26. The van der Waals surface area contributed by atoms with E-state index >= 15 is 0 Å². The molecule has 3 aromatic carbocycles. The number of carbonyl (C=O) groups is 1. The van der Waals surface area contributed by atoms with Crippen molar-refractivity contribution in [2.45, 2.75) is 11.0 Å². The number of carbonyl (C=O) groups excluding carboxylic acids is 1. The summed E-state index contributed by atoms with van der Waals surface area (Å²) < 4.78 is 11.5. The molecule has 0 spiro atoms. The first kappa shape index (κ1) is 16.8. The van der Waals surface area contributed by atoms with Gasteiger partial charge >= 0.3 is 0 Å². The number of rotatable bonds is 5. The van der Waals surface area contributed by atoms with Crippen LogP contribution in [0.25, 0.3) is 10.8 Å². The van der Waals surface area contributed by atoms with Gasteiger partial charge in [0.25, 0.3) is 0 Å². The Morgan fingerprint density at radius 1 is 1.00 bits per heavy atom. The average Bonchev–Trinajstić information content (AvgIpc) is 2.70. The van der Waals surface area contributed by atoms with Crippen LogP contribution in [-0.4, -0.2) is 30.9 Å². The van der Waals surface area contributed by atoms with Crippen LogP contribution in [0.3, 0.4) is 0 Å². The van der Waals surface area contributed by atoms with Gasteiger partial charge in [0, 0.05) is 4.90 Å². The number of fused-ring (bicyclic) bond motifs is 2. The van der Waals surface area contributed by atoms with Gasteiger partial charge in [0.05, 0.1) is 12.3 Å². The lowest BCUT2D eigenvalue weighted by molar-refractivity contribution is -0.119. The number of benzene rings is 3. The van der Waals surface area contributed by atoms with Gasteiger partial charge in [-0.25, -0.2) is 0 Å². The average molecular weight is 365 g/mol. The summed E-state index contributed by atoms with van der Waals surface area (Å²) in [4.78, 5) is 13.2. The van der Waals surface area contributed by atoms with E-state index in [0.717, 1.165) is 16.4 Å². The van der Waals surface area contributed by atoms with Gasteiger partial charge in [0.2, 0.25) is 5.91 Å². The fourth-order valence-corrected chi connectivity index (χ4v) is 3.62. The Bertz CT molecular complexity index is 928. The zero-order chi connectivity index (χ0) is 17.8. The van der Waals surface area contributed by atoms with Crippen molar-refractivity contribution < 1.29 is 14.3 Å². The maximum Gasteiger partial charge on any atom is 0.230 e. The molecular formula is C21H19NO3S. The quantitative estimate of drug-likeness (QED) is 0.697. The number of hydrogen-bond acceptors (Lipinski definition) is 4. The molecule has 0 unspecified atom stereocenters. The molecule has 1 atom stereocenters. The van der Waals surface area contributed by atoms with Gasteiger partial charge in [-0.05, 0) is 35.0 Å². The molecule has 1 aliphatic rings. The lowest BCUT2D eigenvalue weighted by Gasteiger charge is -2.26. The predicted molar refractivity (Wildman–Crippen MR) is 104 cm³/mol. The Morgan fingerprint density at radius 3 is 2.65 bits per heavy atom. The van der Waals surface area contributed by atoms with Crippen molar-refractivity contribution in [1.29, 1.82) is 0 Å². The van der Waals surface area contributed by atoms with Crippen molar-refractivity contribution in [3.8, 4) is 11.5 Å². The highest BCUT2D eigenvalue weighted by atomic mass is 32.2. The van der Waals surface area contributed by atoms with Crippen LogP contribution in [0.4, 0.5) is 0 Å². The van der Waals surface area contributed by atoms with Gasteiger partial charge in [0.1, 0.15) is 12.7 Å². The molecule has 0 fully saturated rings. The molecule has 3 aromatic rings. The third kappa shape index (κ3) is 3.94. The number of hydrogen-bond donors (Lipinski definition) is 1. The van der Waals surface area contributed by atoms with E-state index < -0.39 is 0 Å². The Labute approximate surface area is 156 Å². The fourth-order valence-electron chi connectivity index (χ4n) is 2.85. The number of thioether (sulfide) groups is 1. The minimum Gasteiger partial charge on any atom is -0.486 e. The zero-order valence-electron chi connectivity index (χ0n) is 14.2. The smallest absolute Gasteiger partial charge is 0.230 e. The zero-order valence-corrected chi connectivity index (χ0v) is 15.0. The lowest BCUT2D eigenvalue weighted by atomic mass is 10.1. The third-order valence-electron chi connectivity index (χ3n) is 4.19. The molecule has 132 valence electrons. The molecule has 1 heterocycles. The van der Waals surface area contributed by atoms with E-state index in [1.807, 2.05) is 36.4 Å². The molecule has 1 aliphatic heterocycles. The van der Waals surface area contributed by atoms with E-state index in [9.17, 15) is 4.79 Å². The Kier molecular flexibility index (Phi) is 4.97. The summed E-state index contributed by atoms with van der Waals surface area (Å²) in [6.45, 7) is 0.876. The van der Waals surface area contributed by atoms with Gasteiger partial charge < -0.3 is 14.8 Å². The minimum absolute atomic E-state index is 0.00869. The molecule has 1 N–H and O–H groups in total. The van der Waals surface area contributed by atoms with E-state index in [-0.39, 0.29) is 12.0 Å². The number of ether oxygens (including phenoxy) is 2. The SMILES string of the molecule is O=C(CSc1ccc2ccccc2c1)NC[C@H]1COc2ccccc2O1. The molecule has 0 aliphatic carbocycles. The molecule has 0 saturated carbocycles. The van der Waals surface area contributed by atoms with Crippen molar-refractivity contribution in [2.75, 3.05) is 18.9 Å². The van der Waals surface area contributed by atoms with Crippen LogP contribution < -0.4 is 14.8 Å². The molecule has 26 heavy (non-hydrogen) atoms. The second kappa shape index (κ2) is 7.70. The lowest BCUT2D eigenvalue weighted by Crippen LogP contribution is -2.41. The summed E-state index contributed by atoms with van der Waals surface area (Å²) in [6.07, 6.45) is -0.167. The maximum absolute atomic E-state index is 12.1. The van der Waals surface area contributed by atoms with Crippen LogP contribution in [0.5, 0.6) is 11.5 Å². The highest BCUT2D eigenvalue weighted by Gasteiger charge is 2.20. The second-order valence-electron chi connectivity index (χ2n) is 6.10. The van der Waals surface area contributed by atoms with Crippen molar-refractivity contribution in [3.05, 3.63) is 66.7 Å². The molecule has 4 rings (SSSR count). The minimum atomic E-state index is -0.167. The van der Waals surface area contributed by atoms with Gasteiger partial charge in [-0.15, -0.1) is 11.8 Å². The third-order valence-corrected chi connectivity index (χ3v) is 5.18. The monoisotopic (exact) mass is 365 g/mol. The molecular weight excluding hydrogens is 346 g/mol. The summed E-state index contributed by atoms with van der Waals surface area (Å²) in [6, 6.07) is 22.0. The fraction of sp³-hybridized carbons (Fsp3) is 0.190. The van der Waals surface area contributed by atoms with E-state index in [1.165, 1.54) is 22.5 Å². The molecule has 0 aromatic heterocycles. The standard InChI is InChI=1S/C21H19NO3S/c23-21(14-26-18-10-9-15-5-1-2-6-16(15)11-18)22-12-17-13-24-19-7-3-4-8-20(19)25-17/h1-11,17H,12-14H2,(H,22,23)/t17-/m0/s1. The van der Waals surface area contributed by atoms with Gasteiger partial charge in [-0.3, -0.25) is 4.79 Å². The topological polar surface area (TPSA) is 47.6 Å². The van der Waals surface area contributed by atoms with Crippen LogP contribution in [0, 0.1) is 0 Å².